The van der Waals surface area contributed by atoms with E-state index in [1.807, 2.05) is 54.3 Å². The van der Waals surface area contributed by atoms with E-state index in [0.717, 1.165) is 28.8 Å². The molecule has 3 amide bonds. The van der Waals surface area contributed by atoms with Gasteiger partial charge in [0.05, 0.1) is 12.8 Å². The van der Waals surface area contributed by atoms with Gasteiger partial charge in [-0.25, -0.2) is 4.79 Å². The molecule has 2 N–H and O–H groups in total. The maximum atomic E-state index is 13.1. The number of halogens is 1. The molecule has 32 heavy (non-hydrogen) atoms. The molecule has 1 aliphatic rings. The fraction of sp³-hybridized carbons (Fsp3) is 0.200. The van der Waals surface area contributed by atoms with Crippen LogP contribution in [0.2, 0.25) is 5.02 Å². The number of aryl methyl sites for hydroxylation is 1. The first-order valence-corrected chi connectivity index (χ1v) is 10.7. The lowest BCUT2D eigenvalue weighted by atomic mass is 10.1. The third kappa shape index (κ3) is 4.70. The molecule has 1 aliphatic heterocycles. The van der Waals surface area contributed by atoms with Crippen molar-refractivity contribution in [2.45, 2.75) is 19.9 Å². The summed E-state index contributed by atoms with van der Waals surface area (Å²) in [6, 6.07) is 18.2. The van der Waals surface area contributed by atoms with Crippen molar-refractivity contribution < 1.29 is 14.3 Å². The Bertz CT molecular complexity index is 1180. The van der Waals surface area contributed by atoms with Gasteiger partial charge < -0.3 is 20.3 Å². The lowest BCUT2D eigenvalue weighted by molar-refractivity contribution is 0.0989. The standard InChI is InChI=1S/C25H24ClN3O3/c1-16-4-3-5-19(12-16)24(30)29-11-10-18-7-6-17(13-22(18)29)15-27-25(31)28-21-14-20(26)8-9-23(21)32-2/h3-9,12-14H,10-11,15H2,1-2H3,(H2,27,28,31). The first-order valence-electron chi connectivity index (χ1n) is 10.3. The number of fused-ring (bicyclic) bond motifs is 1. The highest BCUT2D eigenvalue weighted by Gasteiger charge is 2.26. The molecule has 0 aromatic heterocycles. The minimum Gasteiger partial charge on any atom is -0.495 e. The summed E-state index contributed by atoms with van der Waals surface area (Å²) < 4.78 is 5.25. The van der Waals surface area contributed by atoms with Crippen LogP contribution in [0.15, 0.2) is 60.7 Å². The van der Waals surface area contributed by atoms with Crippen molar-refractivity contribution in [2.75, 3.05) is 23.9 Å². The number of benzene rings is 3. The number of hydrogen-bond acceptors (Lipinski definition) is 3. The molecule has 0 spiro atoms. The number of rotatable bonds is 5. The van der Waals surface area contributed by atoms with Crippen LogP contribution in [0.4, 0.5) is 16.2 Å². The van der Waals surface area contributed by atoms with Crippen molar-refractivity contribution in [1.82, 2.24) is 5.32 Å². The summed E-state index contributed by atoms with van der Waals surface area (Å²) >= 11 is 6.02. The van der Waals surface area contributed by atoms with Gasteiger partial charge in [-0.1, -0.05) is 41.4 Å². The van der Waals surface area contributed by atoms with Crippen molar-refractivity contribution in [3.8, 4) is 5.75 Å². The molecular weight excluding hydrogens is 426 g/mol. The van der Waals surface area contributed by atoms with Crippen molar-refractivity contribution in [1.29, 1.82) is 0 Å². The molecule has 7 heteroatoms. The Labute approximate surface area is 192 Å². The molecule has 0 radical (unpaired) electrons. The van der Waals surface area contributed by atoms with Gasteiger partial charge in [0.15, 0.2) is 0 Å². The summed E-state index contributed by atoms with van der Waals surface area (Å²) in [5.74, 6) is 0.510. The molecule has 6 nitrogen and oxygen atoms in total. The van der Waals surface area contributed by atoms with Gasteiger partial charge in [-0.2, -0.15) is 0 Å². The van der Waals surface area contributed by atoms with Gasteiger partial charge >= 0.3 is 6.03 Å². The van der Waals surface area contributed by atoms with Crippen LogP contribution >= 0.6 is 11.6 Å². The van der Waals surface area contributed by atoms with E-state index in [4.69, 9.17) is 16.3 Å². The van der Waals surface area contributed by atoms with Crippen molar-refractivity contribution in [2.24, 2.45) is 0 Å². The van der Waals surface area contributed by atoms with Crippen LogP contribution < -0.4 is 20.3 Å². The molecule has 3 aromatic rings. The van der Waals surface area contributed by atoms with Crippen LogP contribution in [0, 0.1) is 6.92 Å². The quantitative estimate of drug-likeness (QED) is 0.563. The van der Waals surface area contributed by atoms with E-state index in [1.165, 1.54) is 7.11 Å². The molecule has 164 valence electrons. The minimum atomic E-state index is -0.376. The molecule has 1 heterocycles. The summed E-state index contributed by atoms with van der Waals surface area (Å²) in [5.41, 5.74) is 5.14. The zero-order valence-electron chi connectivity index (χ0n) is 17.9. The Morgan fingerprint density at radius 2 is 1.94 bits per heavy atom. The highest BCUT2D eigenvalue weighted by atomic mass is 35.5. The highest BCUT2D eigenvalue weighted by molar-refractivity contribution is 6.31. The number of carbonyl (C=O) groups is 2. The van der Waals surface area contributed by atoms with E-state index in [1.54, 1.807) is 18.2 Å². The zero-order valence-corrected chi connectivity index (χ0v) is 18.7. The third-order valence-corrected chi connectivity index (χ3v) is 5.65. The number of anilines is 2. The number of carbonyl (C=O) groups excluding carboxylic acids is 2. The van der Waals surface area contributed by atoms with Gasteiger partial charge in [-0.3, -0.25) is 4.79 Å². The lowest BCUT2D eigenvalue weighted by Crippen LogP contribution is -2.30. The molecule has 3 aromatic carbocycles. The van der Waals surface area contributed by atoms with E-state index in [0.29, 0.717) is 35.1 Å². The molecule has 0 unspecified atom stereocenters. The smallest absolute Gasteiger partial charge is 0.319 e. The van der Waals surface area contributed by atoms with E-state index in [2.05, 4.69) is 10.6 Å². The molecule has 0 saturated heterocycles. The fourth-order valence-corrected chi connectivity index (χ4v) is 3.98. The monoisotopic (exact) mass is 449 g/mol. The second-order valence-electron chi connectivity index (χ2n) is 7.69. The number of amides is 3. The first-order chi connectivity index (χ1) is 15.4. The highest BCUT2D eigenvalue weighted by Crippen LogP contribution is 2.31. The normalized spacial score (nSPS) is 12.3. The topological polar surface area (TPSA) is 70.7 Å². The van der Waals surface area contributed by atoms with Gasteiger partial charge in [0, 0.05) is 29.4 Å². The van der Waals surface area contributed by atoms with Gasteiger partial charge in [0.2, 0.25) is 0 Å². The Morgan fingerprint density at radius 1 is 1.09 bits per heavy atom. The summed E-state index contributed by atoms with van der Waals surface area (Å²) in [6.45, 7) is 2.94. The van der Waals surface area contributed by atoms with Crippen LogP contribution in [0.25, 0.3) is 0 Å². The molecule has 0 bridgehead atoms. The Hall–Kier alpha value is -3.51. The second kappa shape index (κ2) is 9.32. The van der Waals surface area contributed by atoms with Gasteiger partial charge in [-0.05, 0) is 60.9 Å². The Balaban J connectivity index is 1.44. The van der Waals surface area contributed by atoms with E-state index in [9.17, 15) is 9.59 Å². The van der Waals surface area contributed by atoms with Gasteiger partial charge in [0.1, 0.15) is 5.75 Å². The number of urea groups is 1. The number of ether oxygens (including phenoxy) is 1. The van der Waals surface area contributed by atoms with Crippen molar-refractivity contribution >= 4 is 34.9 Å². The summed E-state index contributed by atoms with van der Waals surface area (Å²) in [4.78, 5) is 27.3. The minimum absolute atomic E-state index is 0.0108. The summed E-state index contributed by atoms with van der Waals surface area (Å²) in [6.07, 6.45) is 0.815. The van der Waals surface area contributed by atoms with E-state index in [-0.39, 0.29) is 11.9 Å². The molecule has 0 atom stereocenters. The average Bonchev–Trinajstić information content (AvgIpc) is 3.20. The number of nitrogens with zero attached hydrogens (tertiary/aromatic N) is 1. The summed E-state index contributed by atoms with van der Waals surface area (Å²) in [5, 5.41) is 6.09. The number of hydrogen-bond donors (Lipinski definition) is 2. The van der Waals surface area contributed by atoms with E-state index >= 15 is 0 Å². The van der Waals surface area contributed by atoms with Gasteiger partial charge in [-0.15, -0.1) is 0 Å². The zero-order chi connectivity index (χ0) is 22.7. The first kappa shape index (κ1) is 21.7. The van der Waals surface area contributed by atoms with Crippen LogP contribution in [-0.4, -0.2) is 25.6 Å². The molecule has 4 rings (SSSR count). The van der Waals surface area contributed by atoms with Crippen molar-refractivity contribution in [3.05, 3.63) is 87.9 Å². The van der Waals surface area contributed by atoms with Crippen LogP contribution in [0.1, 0.15) is 27.0 Å². The lowest BCUT2D eigenvalue weighted by Gasteiger charge is -2.18. The Kier molecular flexibility index (Phi) is 6.32. The van der Waals surface area contributed by atoms with Crippen LogP contribution in [0.5, 0.6) is 5.75 Å². The SMILES string of the molecule is COc1ccc(Cl)cc1NC(=O)NCc1ccc2c(c1)N(C(=O)c1cccc(C)c1)CC2. The van der Waals surface area contributed by atoms with Crippen LogP contribution in [-0.2, 0) is 13.0 Å². The second-order valence-corrected chi connectivity index (χ2v) is 8.13. The maximum absolute atomic E-state index is 13.1. The third-order valence-electron chi connectivity index (χ3n) is 5.42. The van der Waals surface area contributed by atoms with Crippen molar-refractivity contribution in [3.63, 3.8) is 0 Å². The van der Waals surface area contributed by atoms with Gasteiger partial charge in [0.25, 0.3) is 5.91 Å². The molecular formula is C25H24ClN3O3. The molecule has 0 saturated carbocycles. The fourth-order valence-electron chi connectivity index (χ4n) is 3.81. The number of methoxy groups -OCH3 is 1. The predicted octanol–water partition coefficient (Wildman–Crippen LogP) is 5.18. The van der Waals surface area contributed by atoms with E-state index < -0.39 is 0 Å². The largest absolute Gasteiger partial charge is 0.495 e. The number of nitrogens with one attached hydrogen (secondary N) is 2. The predicted molar refractivity (Wildman–Crippen MR) is 127 cm³/mol. The maximum Gasteiger partial charge on any atom is 0.319 e. The van der Waals surface area contributed by atoms with Crippen LogP contribution in [0.3, 0.4) is 0 Å². The molecule has 0 aliphatic carbocycles. The average molecular weight is 450 g/mol. The molecule has 0 fully saturated rings. The Morgan fingerprint density at radius 3 is 2.72 bits per heavy atom. The summed E-state index contributed by atoms with van der Waals surface area (Å²) in [7, 11) is 1.53.